The average Bonchev–Trinajstić information content (AvgIpc) is 2.83. The molecule has 1 unspecified atom stereocenters. The number of rotatable bonds is 5. The highest BCUT2D eigenvalue weighted by atomic mass is 35.5. The van der Waals surface area contributed by atoms with Crippen molar-refractivity contribution in [1.82, 2.24) is 0 Å². The van der Waals surface area contributed by atoms with Crippen molar-refractivity contribution >= 4 is 11.6 Å². The van der Waals surface area contributed by atoms with Crippen LogP contribution in [0.25, 0.3) is 0 Å². The summed E-state index contributed by atoms with van der Waals surface area (Å²) in [5, 5.41) is 0. The van der Waals surface area contributed by atoms with Crippen molar-refractivity contribution in [2.75, 3.05) is 19.1 Å². The molecule has 1 aliphatic carbocycles. The van der Waals surface area contributed by atoms with Gasteiger partial charge < -0.3 is 4.74 Å². The summed E-state index contributed by atoms with van der Waals surface area (Å²) < 4.78 is 40.0. The highest BCUT2D eigenvalue weighted by Gasteiger charge is 2.41. The fourth-order valence-corrected chi connectivity index (χ4v) is 1.74. The third-order valence-corrected chi connectivity index (χ3v) is 3.18. The molecule has 0 saturated heterocycles. The van der Waals surface area contributed by atoms with Gasteiger partial charge in [0.1, 0.15) is 6.61 Å². The quantitative estimate of drug-likeness (QED) is 0.659. The minimum absolute atomic E-state index is 0.0979. The van der Waals surface area contributed by atoms with Crippen LogP contribution in [0, 0.1) is 11.3 Å². The smallest absolute Gasteiger partial charge is 0.371 e. The summed E-state index contributed by atoms with van der Waals surface area (Å²) in [5.74, 6) is 0.795. The summed E-state index contributed by atoms with van der Waals surface area (Å²) in [6.45, 7) is 0.806. The molecule has 1 atom stereocenters. The second kappa shape index (κ2) is 4.27. The molecular formula is C9H14ClF3O. The number of hydrogen-bond acceptors (Lipinski definition) is 1. The third kappa shape index (κ3) is 3.65. The van der Waals surface area contributed by atoms with Gasteiger partial charge >= 0.3 is 6.18 Å². The lowest BCUT2D eigenvalue weighted by Crippen LogP contribution is -2.30. The molecule has 1 saturated carbocycles. The van der Waals surface area contributed by atoms with Gasteiger partial charge in [0.15, 0.2) is 0 Å². The van der Waals surface area contributed by atoms with Gasteiger partial charge in [-0.05, 0) is 18.8 Å². The molecule has 1 fully saturated rings. The largest absolute Gasteiger partial charge is 0.411 e. The van der Waals surface area contributed by atoms with Crippen LogP contribution >= 0.6 is 11.6 Å². The molecule has 0 bridgehead atoms. The standard InChI is InChI=1S/C9H14ClF3O/c1-8(4-10,7-2-3-7)5-14-6-9(11,12)13/h7H,2-6H2,1H3. The summed E-state index contributed by atoms with van der Waals surface area (Å²) >= 11 is 5.73. The van der Waals surface area contributed by atoms with Crippen LogP contribution in [-0.4, -0.2) is 25.3 Å². The van der Waals surface area contributed by atoms with Crippen LogP contribution in [0.1, 0.15) is 19.8 Å². The van der Waals surface area contributed by atoms with Crippen molar-refractivity contribution in [2.45, 2.75) is 25.9 Å². The van der Waals surface area contributed by atoms with E-state index in [1.165, 1.54) is 0 Å². The molecule has 84 valence electrons. The van der Waals surface area contributed by atoms with Gasteiger partial charge in [-0.3, -0.25) is 0 Å². The Morgan fingerprint density at radius 1 is 1.29 bits per heavy atom. The minimum atomic E-state index is -4.24. The summed E-state index contributed by atoms with van der Waals surface area (Å²) in [6.07, 6.45) is -2.13. The molecule has 0 N–H and O–H groups in total. The topological polar surface area (TPSA) is 9.23 Å². The molecular weight excluding hydrogens is 217 g/mol. The van der Waals surface area contributed by atoms with Crippen molar-refractivity contribution in [3.63, 3.8) is 0 Å². The van der Waals surface area contributed by atoms with Gasteiger partial charge in [-0.1, -0.05) is 6.92 Å². The molecule has 1 rings (SSSR count). The second-order valence-corrected chi connectivity index (χ2v) is 4.44. The van der Waals surface area contributed by atoms with E-state index in [4.69, 9.17) is 11.6 Å². The monoisotopic (exact) mass is 230 g/mol. The van der Waals surface area contributed by atoms with E-state index in [0.29, 0.717) is 11.8 Å². The Hall–Kier alpha value is 0.0400. The van der Waals surface area contributed by atoms with E-state index >= 15 is 0 Å². The number of ether oxygens (including phenoxy) is 1. The summed E-state index contributed by atoms with van der Waals surface area (Å²) in [6, 6.07) is 0. The Balaban J connectivity index is 2.27. The highest BCUT2D eigenvalue weighted by Crippen LogP contribution is 2.46. The van der Waals surface area contributed by atoms with Crippen LogP contribution < -0.4 is 0 Å². The zero-order valence-corrected chi connectivity index (χ0v) is 8.79. The fourth-order valence-electron chi connectivity index (χ4n) is 1.45. The van der Waals surface area contributed by atoms with Gasteiger partial charge in [0.2, 0.25) is 0 Å². The Kier molecular flexibility index (Phi) is 3.69. The zero-order chi connectivity index (χ0) is 10.8. The van der Waals surface area contributed by atoms with E-state index in [2.05, 4.69) is 4.74 Å². The van der Waals surface area contributed by atoms with E-state index in [1.807, 2.05) is 6.92 Å². The Bertz CT molecular complexity index is 191. The summed E-state index contributed by atoms with van der Waals surface area (Å²) in [7, 11) is 0. The maximum absolute atomic E-state index is 11.8. The lowest BCUT2D eigenvalue weighted by Gasteiger charge is -2.26. The van der Waals surface area contributed by atoms with Crippen LogP contribution in [-0.2, 0) is 4.74 Å². The van der Waals surface area contributed by atoms with Crippen molar-refractivity contribution in [2.24, 2.45) is 11.3 Å². The first-order valence-corrected chi connectivity index (χ1v) is 5.11. The molecule has 0 aromatic rings. The Morgan fingerprint density at radius 3 is 2.21 bits per heavy atom. The van der Waals surface area contributed by atoms with Crippen LogP contribution in [0.5, 0.6) is 0 Å². The molecule has 0 aromatic carbocycles. The molecule has 0 aliphatic heterocycles. The van der Waals surface area contributed by atoms with E-state index in [1.54, 1.807) is 0 Å². The van der Waals surface area contributed by atoms with Crippen LogP contribution in [0.3, 0.4) is 0 Å². The number of alkyl halides is 4. The second-order valence-electron chi connectivity index (χ2n) is 4.17. The number of halogens is 4. The maximum atomic E-state index is 11.8. The van der Waals surface area contributed by atoms with Crippen LogP contribution in [0.4, 0.5) is 13.2 Å². The molecule has 0 aromatic heterocycles. The van der Waals surface area contributed by atoms with Crippen LogP contribution in [0.15, 0.2) is 0 Å². The van der Waals surface area contributed by atoms with Gasteiger partial charge in [-0.25, -0.2) is 0 Å². The fraction of sp³-hybridized carbons (Fsp3) is 1.00. The van der Waals surface area contributed by atoms with Crippen LogP contribution in [0.2, 0.25) is 0 Å². The van der Waals surface area contributed by atoms with Gasteiger partial charge in [0.05, 0.1) is 6.61 Å². The molecule has 1 nitrogen and oxygen atoms in total. The lowest BCUT2D eigenvalue weighted by atomic mass is 9.88. The minimum Gasteiger partial charge on any atom is -0.371 e. The zero-order valence-electron chi connectivity index (χ0n) is 8.03. The molecule has 0 radical (unpaired) electrons. The third-order valence-electron chi connectivity index (χ3n) is 2.57. The van der Waals surface area contributed by atoms with Crippen molar-refractivity contribution in [3.05, 3.63) is 0 Å². The Labute approximate surface area is 86.6 Å². The Morgan fingerprint density at radius 2 is 1.86 bits per heavy atom. The average molecular weight is 231 g/mol. The molecule has 0 amide bonds. The van der Waals surface area contributed by atoms with Crippen molar-refractivity contribution < 1.29 is 17.9 Å². The SMILES string of the molecule is CC(CCl)(COCC(F)(F)F)C1CC1. The lowest BCUT2D eigenvalue weighted by molar-refractivity contribution is -0.180. The van der Waals surface area contributed by atoms with Crippen molar-refractivity contribution in [3.8, 4) is 0 Å². The van der Waals surface area contributed by atoms with E-state index < -0.39 is 12.8 Å². The van der Waals surface area contributed by atoms with Gasteiger partial charge in [-0.15, -0.1) is 11.6 Å². The first kappa shape index (κ1) is 12.1. The normalized spacial score (nSPS) is 22.1. The first-order chi connectivity index (χ1) is 6.37. The van der Waals surface area contributed by atoms with Gasteiger partial charge in [0.25, 0.3) is 0 Å². The van der Waals surface area contributed by atoms with Gasteiger partial charge in [0, 0.05) is 11.3 Å². The van der Waals surface area contributed by atoms with E-state index in [9.17, 15) is 13.2 Å². The van der Waals surface area contributed by atoms with Crippen molar-refractivity contribution in [1.29, 1.82) is 0 Å². The number of hydrogen-bond donors (Lipinski definition) is 0. The predicted molar refractivity (Wildman–Crippen MR) is 48.4 cm³/mol. The predicted octanol–water partition coefficient (Wildman–Crippen LogP) is 3.22. The van der Waals surface area contributed by atoms with E-state index in [-0.39, 0.29) is 12.0 Å². The molecule has 0 spiro atoms. The maximum Gasteiger partial charge on any atom is 0.411 e. The molecule has 0 heterocycles. The summed E-state index contributed by atoms with van der Waals surface area (Å²) in [5.41, 5.74) is -0.285. The first-order valence-electron chi connectivity index (χ1n) is 4.58. The molecule has 14 heavy (non-hydrogen) atoms. The summed E-state index contributed by atoms with van der Waals surface area (Å²) in [4.78, 5) is 0. The molecule has 1 aliphatic rings. The molecule has 5 heteroatoms. The van der Waals surface area contributed by atoms with Gasteiger partial charge in [-0.2, -0.15) is 13.2 Å². The highest BCUT2D eigenvalue weighted by molar-refractivity contribution is 6.18. The van der Waals surface area contributed by atoms with E-state index in [0.717, 1.165) is 12.8 Å².